The fourth-order valence-corrected chi connectivity index (χ4v) is 3.97. The molecule has 1 N–H and O–H groups in total. The van der Waals surface area contributed by atoms with Crippen molar-refractivity contribution in [2.75, 3.05) is 14.2 Å². The molecular formula is C20H22N2O4S. The number of hydrogen-bond donors (Lipinski definition) is 1. The van der Waals surface area contributed by atoms with E-state index in [0.29, 0.717) is 12.3 Å². The van der Waals surface area contributed by atoms with E-state index in [4.69, 9.17) is 9.47 Å². The standard InChI is InChI=1S/C20H22N2O4S/c1-25-18-10-11-19(26-2)20(13-18)27(23,24)21-14-17-9-6-12-22(17)15-16-7-4-3-5-8-16/h3-13,21H,14-15H2,1-2H3. The summed E-state index contributed by atoms with van der Waals surface area (Å²) in [5, 5.41) is 0. The normalized spacial score (nSPS) is 11.3. The van der Waals surface area contributed by atoms with E-state index in [9.17, 15) is 8.42 Å². The molecule has 0 aliphatic rings. The summed E-state index contributed by atoms with van der Waals surface area (Å²) in [4.78, 5) is 0.0468. The van der Waals surface area contributed by atoms with Crippen LogP contribution in [0.4, 0.5) is 0 Å². The van der Waals surface area contributed by atoms with E-state index in [0.717, 1.165) is 11.3 Å². The summed E-state index contributed by atoms with van der Waals surface area (Å²) in [7, 11) is -0.845. The minimum atomic E-state index is -3.77. The van der Waals surface area contributed by atoms with Crippen LogP contribution in [0.25, 0.3) is 0 Å². The van der Waals surface area contributed by atoms with E-state index in [1.165, 1.54) is 20.3 Å². The number of hydrogen-bond acceptors (Lipinski definition) is 4. The molecule has 0 fully saturated rings. The Balaban J connectivity index is 1.78. The number of nitrogens with one attached hydrogen (secondary N) is 1. The second-order valence-electron chi connectivity index (χ2n) is 5.95. The molecule has 0 spiro atoms. The molecule has 0 saturated carbocycles. The largest absolute Gasteiger partial charge is 0.497 e. The van der Waals surface area contributed by atoms with Crippen molar-refractivity contribution >= 4 is 10.0 Å². The molecule has 3 aromatic rings. The van der Waals surface area contributed by atoms with Gasteiger partial charge in [0.2, 0.25) is 10.0 Å². The van der Waals surface area contributed by atoms with Crippen molar-refractivity contribution in [3.05, 3.63) is 78.1 Å². The fourth-order valence-electron chi connectivity index (χ4n) is 2.79. The van der Waals surface area contributed by atoms with Gasteiger partial charge in [0.25, 0.3) is 0 Å². The molecule has 0 bridgehead atoms. The minimum absolute atomic E-state index is 0.0468. The van der Waals surface area contributed by atoms with Crippen molar-refractivity contribution in [3.8, 4) is 11.5 Å². The summed E-state index contributed by atoms with van der Waals surface area (Å²) < 4.78 is 40.6. The van der Waals surface area contributed by atoms with Gasteiger partial charge in [0.05, 0.1) is 20.8 Å². The Morgan fingerprint density at radius 2 is 1.74 bits per heavy atom. The zero-order chi connectivity index (χ0) is 19.3. The lowest BCUT2D eigenvalue weighted by atomic mass is 10.2. The number of nitrogens with zero attached hydrogens (tertiary/aromatic N) is 1. The predicted molar refractivity (Wildman–Crippen MR) is 104 cm³/mol. The highest BCUT2D eigenvalue weighted by atomic mass is 32.2. The van der Waals surface area contributed by atoms with Crippen molar-refractivity contribution in [2.24, 2.45) is 0 Å². The van der Waals surface area contributed by atoms with E-state index < -0.39 is 10.0 Å². The van der Waals surface area contributed by atoms with Gasteiger partial charge in [0, 0.05) is 24.5 Å². The quantitative estimate of drug-likeness (QED) is 0.646. The van der Waals surface area contributed by atoms with Gasteiger partial charge in [-0.25, -0.2) is 13.1 Å². The minimum Gasteiger partial charge on any atom is -0.497 e. The average molecular weight is 386 g/mol. The number of sulfonamides is 1. The van der Waals surface area contributed by atoms with Crippen LogP contribution >= 0.6 is 0 Å². The third kappa shape index (κ3) is 4.50. The third-order valence-corrected chi connectivity index (χ3v) is 5.65. The first-order chi connectivity index (χ1) is 13.0. The van der Waals surface area contributed by atoms with E-state index >= 15 is 0 Å². The summed E-state index contributed by atoms with van der Waals surface area (Å²) in [5.74, 6) is 0.714. The maximum Gasteiger partial charge on any atom is 0.244 e. The summed E-state index contributed by atoms with van der Waals surface area (Å²) >= 11 is 0. The molecule has 6 nitrogen and oxygen atoms in total. The van der Waals surface area contributed by atoms with Crippen LogP contribution in [0.5, 0.6) is 11.5 Å². The number of methoxy groups -OCH3 is 2. The zero-order valence-electron chi connectivity index (χ0n) is 15.3. The monoisotopic (exact) mass is 386 g/mol. The third-order valence-electron chi connectivity index (χ3n) is 4.22. The van der Waals surface area contributed by atoms with Crippen LogP contribution in [0.3, 0.4) is 0 Å². The first-order valence-corrected chi connectivity index (χ1v) is 9.91. The van der Waals surface area contributed by atoms with Crippen molar-refractivity contribution in [3.63, 3.8) is 0 Å². The SMILES string of the molecule is COc1ccc(OC)c(S(=O)(=O)NCc2cccn2Cc2ccccc2)c1. The summed E-state index contributed by atoms with van der Waals surface area (Å²) in [5.41, 5.74) is 2.01. The van der Waals surface area contributed by atoms with Crippen molar-refractivity contribution in [1.82, 2.24) is 9.29 Å². The van der Waals surface area contributed by atoms with Crippen molar-refractivity contribution < 1.29 is 17.9 Å². The van der Waals surface area contributed by atoms with Crippen LogP contribution in [0.1, 0.15) is 11.3 Å². The second-order valence-corrected chi connectivity index (χ2v) is 7.69. The number of aromatic nitrogens is 1. The number of ether oxygens (including phenoxy) is 2. The first-order valence-electron chi connectivity index (χ1n) is 8.43. The van der Waals surface area contributed by atoms with Gasteiger partial charge in [-0.05, 0) is 29.8 Å². The number of rotatable bonds is 8. The molecule has 1 aromatic heterocycles. The Morgan fingerprint density at radius 3 is 2.44 bits per heavy atom. The van der Waals surface area contributed by atoms with Crippen molar-refractivity contribution in [2.45, 2.75) is 18.0 Å². The molecule has 7 heteroatoms. The van der Waals surface area contributed by atoms with Crippen LogP contribution in [-0.4, -0.2) is 27.2 Å². The van der Waals surface area contributed by atoms with Crippen molar-refractivity contribution in [1.29, 1.82) is 0 Å². The van der Waals surface area contributed by atoms with Gasteiger partial charge >= 0.3 is 0 Å². The highest BCUT2D eigenvalue weighted by Gasteiger charge is 2.20. The molecule has 27 heavy (non-hydrogen) atoms. The molecule has 142 valence electrons. The average Bonchev–Trinajstić information content (AvgIpc) is 3.13. The first kappa shape index (κ1) is 19.0. The lowest BCUT2D eigenvalue weighted by Gasteiger charge is -2.13. The van der Waals surface area contributed by atoms with Gasteiger partial charge in [-0.3, -0.25) is 0 Å². The summed E-state index contributed by atoms with van der Waals surface area (Å²) in [6.07, 6.45) is 1.93. The topological polar surface area (TPSA) is 69.6 Å². The van der Waals surface area contributed by atoms with Gasteiger partial charge in [-0.15, -0.1) is 0 Å². The Kier molecular flexibility index (Phi) is 5.83. The summed E-state index contributed by atoms with van der Waals surface area (Å²) in [6.45, 7) is 0.843. The second kappa shape index (κ2) is 8.28. The molecule has 1 heterocycles. The highest BCUT2D eigenvalue weighted by molar-refractivity contribution is 7.89. The Morgan fingerprint density at radius 1 is 0.963 bits per heavy atom. The molecule has 3 rings (SSSR count). The maximum absolute atomic E-state index is 12.8. The van der Waals surface area contributed by atoms with Crippen LogP contribution in [-0.2, 0) is 23.1 Å². The van der Waals surface area contributed by atoms with Crippen LogP contribution in [0, 0.1) is 0 Å². The van der Waals surface area contributed by atoms with Gasteiger partial charge in [-0.1, -0.05) is 30.3 Å². The van der Waals surface area contributed by atoms with Crippen LogP contribution in [0.15, 0.2) is 71.8 Å². The molecule has 2 aromatic carbocycles. The molecule has 0 atom stereocenters. The lowest BCUT2D eigenvalue weighted by molar-refractivity contribution is 0.392. The maximum atomic E-state index is 12.8. The van der Waals surface area contributed by atoms with Gasteiger partial charge < -0.3 is 14.0 Å². The van der Waals surface area contributed by atoms with Gasteiger partial charge in [-0.2, -0.15) is 0 Å². The van der Waals surface area contributed by atoms with E-state index in [2.05, 4.69) is 4.72 Å². The lowest BCUT2D eigenvalue weighted by Crippen LogP contribution is -2.25. The zero-order valence-corrected chi connectivity index (χ0v) is 16.1. The molecular weight excluding hydrogens is 364 g/mol. The van der Waals surface area contributed by atoms with Crippen LogP contribution in [0.2, 0.25) is 0 Å². The Labute approximate surface area is 159 Å². The Hall–Kier alpha value is -2.77. The number of benzene rings is 2. The highest BCUT2D eigenvalue weighted by Crippen LogP contribution is 2.28. The molecule has 0 unspecified atom stereocenters. The smallest absolute Gasteiger partial charge is 0.244 e. The predicted octanol–water partition coefficient (Wildman–Crippen LogP) is 3.03. The Bertz CT molecular complexity index is 998. The molecule has 0 radical (unpaired) electrons. The van der Waals surface area contributed by atoms with Gasteiger partial charge in [0.15, 0.2) is 0 Å². The summed E-state index contributed by atoms with van der Waals surface area (Å²) in [6, 6.07) is 18.5. The molecule has 0 amide bonds. The van der Waals surface area contributed by atoms with E-state index in [1.54, 1.807) is 12.1 Å². The fraction of sp³-hybridized carbons (Fsp3) is 0.200. The van der Waals surface area contributed by atoms with E-state index in [1.807, 2.05) is 53.2 Å². The van der Waals surface area contributed by atoms with E-state index in [-0.39, 0.29) is 17.2 Å². The van der Waals surface area contributed by atoms with Gasteiger partial charge in [0.1, 0.15) is 16.4 Å². The van der Waals surface area contributed by atoms with Crippen LogP contribution < -0.4 is 14.2 Å². The molecule has 0 saturated heterocycles. The molecule has 0 aliphatic heterocycles. The molecule has 0 aliphatic carbocycles.